The van der Waals surface area contributed by atoms with Crippen molar-refractivity contribution in [3.05, 3.63) is 48.4 Å². The highest BCUT2D eigenvalue weighted by Gasteiger charge is 2.17. The van der Waals surface area contributed by atoms with Crippen LogP contribution in [0.5, 0.6) is 5.75 Å². The number of nitrogens with zero attached hydrogens (tertiary/aromatic N) is 4. The Hall–Kier alpha value is -2.47. The Bertz CT molecular complexity index is 683. The number of hydrogen-bond acceptors (Lipinski definition) is 6. The van der Waals surface area contributed by atoms with E-state index in [1.807, 2.05) is 37.4 Å². The number of carbonyl (C=O) groups excluding carboxylic acids is 1. The number of anilines is 1. The van der Waals surface area contributed by atoms with Gasteiger partial charge in [0, 0.05) is 57.1 Å². The van der Waals surface area contributed by atoms with Gasteiger partial charge in [-0.3, -0.25) is 14.7 Å². The van der Waals surface area contributed by atoms with Crippen molar-refractivity contribution in [2.75, 3.05) is 44.2 Å². The minimum atomic E-state index is 0.164. The van der Waals surface area contributed by atoms with Gasteiger partial charge in [0.25, 0.3) is 0 Å². The SMILES string of the molecule is CCC(=O)c1ccc(OCCCN2CCN(c3cnccn3)CC2)cc1. The van der Waals surface area contributed by atoms with E-state index in [1.54, 1.807) is 12.4 Å². The third-order valence-corrected chi connectivity index (χ3v) is 4.63. The molecular formula is C20H26N4O2. The number of aromatic nitrogens is 2. The first kappa shape index (κ1) is 18.3. The second-order valence-electron chi connectivity index (χ2n) is 6.40. The van der Waals surface area contributed by atoms with Gasteiger partial charge in [-0.2, -0.15) is 0 Å². The molecule has 6 nitrogen and oxygen atoms in total. The first-order valence-electron chi connectivity index (χ1n) is 9.25. The van der Waals surface area contributed by atoms with Crippen LogP contribution in [0.2, 0.25) is 0 Å². The molecular weight excluding hydrogens is 328 g/mol. The van der Waals surface area contributed by atoms with Gasteiger partial charge in [-0.1, -0.05) is 6.92 Å². The summed E-state index contributed by atoms with van der Waals surface area (Å²) in [5.74, 6) is 1.95. The number of hydrogen-bond donors (Lipinski definition) is 0. The molecule has 0 unspecified atom stereocenters. The Morgan fingerprint density at radius 3 is 2.54 bits per heavy atom. The molecule has 2 aromatic rings. The van der Waals surface area contributed by atoms with Crippen LogP contribution in [0.25, 0.3) is 0 Å². The molecule has 1 aliphatic heterocycles. The summed E-state index contributed by atoms with van der Waals surface area (Å²) in [4.78, 5) is 24.8. The maximum Gasteiger partial charge on any atom is 0.162 e. The Kier molecular flexibility index (Phi) is 6.55. The van der Waals surface area contributed by atoms with E-state index >= 15 is 0 Å². The molecule has 1 aromatic carbocycles. The lowest BCUT2D eigenvalue weighted by Crippen LogP contribution is -2.47. The fourth-order valence-corrected chi connectivity index (χ4v) is 3.07. The van der Waals surface area contributed by atoms with Crippen LogP contribution in [0.1, 0.15) is 30.1 Å². The van der Waals surface area contributed by atoms with Gasteiger partial charge >= 0.3 is 0 Å². The van der Waals surface area contributed by atoms with Gasteiger partial charge in [0.15, 0.2) is 5.78 Å². The summed E-state index contributed by atoms with van der Waals surface area (Å²) in [6, 6.07) is 7.44. The average Bonchev–Trinajstić information content (AvgIpc) is 2.72. The van der Waals surface area contributed by atoms with Gasteiger partial charge < -0.3 is 9.64 Å². The summed E-state index contributed by atoms with van der Waals surface area (Å²) in [6.07, 6.45) is 6.78. The van der Waals surface area contributed by atoms with Crippen LogP contribution in [-0.2, 0) is 0 Å². The summed E-state index contributed by atoms with van der Waals surface area (Å²) in [5, 5.41) is 0. The Labute approximate surface area is 154 Å². The molecule has 1 fully saturated rings. The van der Waals surface area contributed by atoms with E-state index < -0.39 is 0 Å². The Morgan fingerprint density at radius 1 is 1.12 bits per heavy atom. The van der Waals surface area contributed by atoms with Crippen LogP contribution in [0, 0.1) is 0 Å². The van der Waals surface area contributed by atoms with Crippen LogP contribution in [0.15, 0.2) is 42.9 Å². The molecule has 0 atom stereocenters. The fraction of sp³-hybridized carbons (Fsp3) is 0.450. The van der Waals surface area contributed by atoms with E-state index in [9.17, 15) is 4.79 Å². The number of ketones is 1. The molecule has 0 bridgehead atoms. The third kappa shape index (κ3) is 5.02. The lowest BCUT2D eigenvalue weighted by Gasteiger charge is -2.35. The van der Waals surface area contributed by atoms with Crippen LogP contribution in [-0.4, -0.2) is 60.0 Å². The lowest BCUT2D eigenvalue weighted by atomic mass is 10.1. The van der Waals surface area contributed by atoms with Crippen molar-refractivity contribution in [3.63, 3.8) is 0 Å². The normalized spacial score (nSPS) is 15.0. The van der Waals surface area contributed by atoms with Gasteiger partial charge in [0.1, 0.15) is 11.6 Å². The van der Waals surface area contributed by atoms with E-state index in [1.165, 1.54) is 0 Å². The number of piperazine rings is 1. The molecule has 1 aliphatic rings. The zero-order chi connectivity index (χ0) is 18.2. The van der Waals surface area contributed by atoms with E-state index in [4.69, 9.17) is 4.74 Å². The predicted molar refractivity (Wildman–Crippen MR) is 102 cm³/mol. The number of carbonyl (C=O) groups is 1. The number of Topliss-reactive ketones (excluding diaryl/α,β-unsaturated/α-hetero) is 1. The van der Waals surface area contributed by atoms with Crippen LogP contribution in [0.3, 0.4) is 0 Å². The molecule has 138 valence electrons. The summed E-state index contributed by atoms with van der Waals surface area (Å²) in [6.45, 7) is 7.61. The summed E-state index contributed by atoms with van der Waals surface area (Å²) >= 11 is 0. The summed E-state index contributed by atoms with van der Waals surface area (Å²) < 4.78 is 5.79. The highest BCUT2D eigenvalue weighted by Crippen LogP contribution is 2.14. The Morgan fingerprint density at radius 2 is 1.88 bits per heavy atom. The maximum absolute atomic E-state index is 11.6. The third-order valence-electron chi connectivity index (χ3n) is 4.63. The zero-order valence-electron chi connectivity index (χ0n) is 15.3. The molecule has 0 radical (unpaired) electrons. The Balaban J connectivity index is 1.34. The van der Waals surface area contributed by atoms with E-state index in [0.717, 1.165) is 56.3 Å². The number of rotatable bonds is 8. The first-order valence-corrected chi connectivity index (χ1v) is 9.25. The van der Waals surface area contributed by atoms with Crippen molar-refractivity contribution in [2.24, 2.45) is 0 Å². The number of ether oxygens (including phenoxy) is 1. The zero-order valence-corrected chi connectivity index (χ0v) is 15.3. The molecule has 26 heavy (non-hydrogen) atoms. The van der Waals surface area contributed by atoms with Crippen molar-refractivity contribution in [2.45, 2.75) is 19.8 Å². The van der Waals surface area contributed by atoms with E-state index in [2.05, 4.69) is 19.8 Å². The fourth-order valence-electron chi connectivity index (χ4n) is 3.07. The largest absolute Gasteiger partial charge is 0.494 e. The smallest absolute Gasteiger partial charge is 0.162 e. The minimum Gasteiger partial charge on any atom is -0.494 e. The van der Waals surface area contributed by atoms with Crippen molar-refractivity contribution >= 4 is 11.6 Å². The second-order valence-corrected chi connectivity index (χ2v) is 6.40. The first-order chi connectivity index (χ1) is 12.8. The van der Waals surface area contributed by atoms with Gasteiger partial charge in [0.05, 0.1) is 12.8 Å². The molecule has 2 heterocycles. The maximum atomic E-state index is 11.6. The van der Waals surface area contributed by atoms with Crippen LogP contribution < -0.4 is 9.64 Å². The average molecular weight is 354 g/mol. The van der Waals surface area contributed by atoms with Crippen LogP contribution in [0.4, 0.5) is 5.82 Å². The monoisotopic (exact) mass is 354 g/mol. The minimum absolute atomic E-state index is 0.164. The molecule has 1 saturated heterocycles. The quantitative estimate of drug-likeness (QED) is 0.537. The second kappa shape index (κ2) is 9.29. The highest BCUT2D eigenvalue weighted by atomic mass is 16.5. The predicted octanol–water partition coefficient (Wildman–Crippen LogP) is 2.66. The van der Waals surface area contributed by atoms with Gasteiger partial charge in [0.2, 0.25) is 0 Å². The molecule has 1 aromatic heterocycles. The van der Waals surface area contributed by atoms with E-state index in [0.29, 0.717) is 13.0 Å². The lowest BCUT2D eigenvalue weighted by molar-refractivity contribution is 0.0988. The highest BCUT2D eigenvalue weighted by molar-refractivity contribution is 5.95. The van der Waals surface area contributed by atoms with Gasteiger partial charge in [-0.15, -0.1) is 0 Å². The molecule has 0 aliphatic carbocycles. The molecule has 0 spiro atoms. The molecule has 0 saturated carbocycles. The molecule has 0 amide bonds. The molecule has 6 heteroatoms. The van der Waals surface area contributed by atoms with Crippen molar-refractivity contribution in [1.29, 1.82) is 0 Å². The summed E-state index contributed by atoms with van der Waals surface area (Å²) in [7, 11) is 0. The molecule has 0 N–H and O–H groups in total. The molecule has 3 rings (SSSR count). The standard InChI is InChI=1S/C20H26N4O2/c1-2-19(25)17-4-6-18(7-5-17)26-15-3-10-23-11-13-24(14-12-23)20-16-21-8-9-22-20/h4-9,16H,2-3,10-15H2,1H3. The topological polar surface area (TPSA) is 58.6 Å². The van der Waals surface area contributed by atoms with Crippen LogP contribution >= 0.6 is 0 Å². The summed E-state index contributed by atoms with van der Waals surface area (Å²) in [5.41, 5.74) is 0.751. The van der Waals surface area contributed by atoms with Gasteiger partial charge in [-0.25, -0.2) is 4.98 Å². The number of benzene rings is 1. The van der Waals surface area contributed by atoms with Gasteiger partial charge in [-0.05, 0) is 30.7 Å². The van der Waals surface area contributed by atoms with E-state index in [-0.39, 0.29) is 5.78 Å². The van der Waals surface area contributed by atoms with Crippen molar-refractivity contribution < 1.29 is 9.53 Å². The van der Waals surface area contributed by atoms with Crippen molar-refractivity contribution in [3.8, 4) is 5.75 Å². The van der Waals surface area contributed by atoms with Crippen molar-refractivity contribution in [1.82, 2.24) is 14.9 Å².